The molecule has 1 unspecified atom stereocenters. The summed E-state index contributed by atoms with van der Waals surface area (Å²) in [7, 11) is 1.55. The molecule has 0 aliphatic carbocycles. The quantitative estimate of drug-likeness (QED) is 0.803. The zero-order valence-corrected chi connectivity index (χ0v) is 13.3. The maximum Gasteiger partial charge on any atom is 0.222 e. The number of amides is 1. The van der Waals surface area contributed by atoms with Crippen molar-refractivity contribution in [2.75, 3.05) is 13.7 Å². The van der Waals surface area contributed by atoms with Crippen LogP contribution in [-0.2, 0) is 16.1 Å². The van der Waals surface area contributed by atoms with Crippen LogP contribution in [0.5, 0.6) is 0 Å². The Balaban J connectivity index is 0.00000242. The minimum Gasteiger partial charge on any atom is -0.380 e. The molecule has 0 spiro atoms. The number of nitrogens with two attached hydrogens (primary N) is 1. The molecule has 0 saturated heterocycles. The molecule has 7 heteroatoms. The van der Waals surface area contributed by atoms with E-state index in [0.717, 1.165) is 11.3 Å². The number of ether oxygens (including phenoxy) is 1. The van der Waals surface area contributed by atoms with Crippen LogP contribution in [0.15, 0.2) is 42.7 Å². The van der Waals surface area contributed by atoms with Crippen LogP contribution < -0.4 is 11.1 Å². The monoisotopic (exact) mass is 324 g/mol. The average molecular weight is 325 g/mol. The maximum atomic E-state index is 11.7. The van der Waals surface area contributed by atoms with Gasteiger partial charge in [0.2, 0.25) is 5.91 Å². The summed E-state index contributed by atoms with van der Waals surface area (Å²) in [5.41, 5.74) is 7.50. The minimum atomic E-state index is -0.229. The van der Waals surface area contributed by atoms with Gasteiger partial charge < -0.3 is 15.8 Å². The van der Waals surface area contributed by atoms with Crippen LogP contribution in [0.3, 0.4) is 0 Å². The lowest BCUT2D eigenvalue weighted by Gasteiger charge is -2.12. The van der Waals surface area contributed by atoms with Gasteiger partial charge in [-0.25, -0.2) is 4.68 Å². The first-order chi connectivity index (χ1) is 10.2. The maximum absolute atomic E-state index is 11.7. The van der Waals surface area contributed by atoms with Crippen molar-refractivity contribution in [2.45, 2.75) is 19.1 Å². The van der Waals surface area contributed by atoms with E-state index in [1.165, 1.54) is 0 Å². The van der Waals surface area contributed by atoms with Gasteiger partial charge >= 0.3 is 0 Å². The Morgan fingerprint density at radius 2 is 2.14 bits per heavy atom. The summed E-state index contributed by atoms with van der Waals surface area (Å²) in [5.74, 6) is -0.0662. The summed E-state index contributed by atoms with van der Waals surface area (Å²) in [6.45, 7) is 0.821. The van der Waals surface area contributed by atoms with Crippen molar-refractivity contribution < 1.29 is 9.53 Å². The van der Waals surface area contributed by atoms with Crippen LogP contribution in [-0.4, -0.2) is 35.4 Å². The molecule has 2 rings (SSSR count). The van der Waals surface area contributed by atoms with E-state index in [1.54, 1.807) is 18.0 Å². The molecular weight excluding hydrogens is 304 g/mol. The Morgan fingerprint density at radius 1 is 1.41 bits per heavy atom. The van der Waals surface area contributed by atoms with Crippen LogP contribution in [0.1, 0.15) is 12.0 Å². The van der Waals surface area contributed by atoms with Gasteiger partial charge in [-0.1, -0.05) is 12.1 Å². The Bertz CT molecular complexity index is 553. The summed E-state index contributed by atoms with van der Waals surface area (Å²) >= 11 is 0. The average Bonchev–Trinajstić information content (AvgIpc) is 3.05. The van der Waals surface area contributed by atoms with E-state index in [9.17, 15) is 4.79 Å². The van der Waals surface area contributed by atoms with E-state index in [0.29, 0.717) is 13.1 Å². The van der Waals surface area contributed by atoms with Crippen molar-refractivity contribution >= 4 is 18.3 Å². The van der Waals surface area contributed by atoms with Gasteiger partial charge in [0, 0.05) is 32.6 Å². The molecule has 1 aromatic heterocycles. The standard InChI is InChI=1S/C15H20N4O2.ClH/c1-21-14(10-16)9-15(20)17-11-12-3-5-13(6-4-12)19-8-2-7-18-19;/h2-8,14H,9-11,16H2,1H3,(H,17,20);1H. The summed E-state index contributed by atoms with van der Waals surface area (Å²) in [6, 6.07) is 9.73. The van der Waals surface area contributed by atoms with Gasteiger partial charge in [-0.3, -0.25) is 4.79 Å². The fraction of sp³-hybridized carbons (Fsp3) is 0.333. The first kappa shape index (κ1) is 18.2. The van der Waals surface area contributed by atoms with E-state index in [4.69, 9.17) is 10.5 Å². The number of aromatic nitrogens is 2. The van der Waals surface area contributed by atoms with Crippen molar-refractivity contribution in [1.82, 2.24) is 15.1 Å². The van der Waals surface area contributed by atoms with Gasteiger partial charge in [0.1, 0.15) is 0 Å². The van der Waals surface area contributed by atoms with E-state index >= 15 is 0 Å². The minimum absolute atomic E-state index is 0. The van der Waals surface area contributed by atoms with Crippen LogP contribution in [0.4, 0.5) is 0 Å². The second-order valence-electron chi connectivity index (χ2n) is 4.69. The van der Waals surface area contributed by atoms with E-state index < -0.39 is 0 Å². The van der Waals surface area contributed by atoms with Crippen LogP contribution in [0.25, 0.3) is 5.69 Å². The molecular formula is C15H21ClN4O2. The highest BCUT2D eigenvalue weighted by atomic mass is 35.5. The van der Waals surface area contributed by atoms with Gasteiger partial charge in [-0.2, -0.15) is 5.10 Å². The number of methoxy groups -OCH3 is 1. The lowest BCUT2D eigenvalue weighted by molar-refractivity contribution is -0.123. The lowest BCUT2D eigenvalue weighted by Crippen LogP contribution is -2.31. The molecule has 0 radical (unpaired) electrons. The number of hydrogen-bond donors (Lipinski definition) is 2. The van der Waals surface area contributed by atoms with Crippen LogP contribution in [0.2, 0.25) is 0 Å². The molecule has 1 amide bonds. The fourth-order valence-corrected chi connectivity index (χ4v) is 1.93. The molecule has 3 N–H and O–H groups in total. The van der Waals surface area contributed by atoms with Crippen molar-refractivity contribution in [3.8, 4) is 5.69 Å². The first-order valence-electron chi connectivity index (χ1n) is 6.81. The highest BCUT2D eigenvalue weighted by Gasteiger charge is 2.10. The largest absolute Gasteiger partial charge is 0.380 e. The summed E-state index contributed by atoms with van der Waals surface area (Å²) in [5, 5.41) is 7.02. The molecule has 1 aromatic carbocycles. The van der Waals surface area contributed by atoms with Crippen LogP contribution >= 0.6 is 12.4 Å². The Morgan fingerprint density at radius 3 is 2.68 bits per heavy atom. The Hall–Kier alpha value is -1.89. The molecule has 120 valence electrons. The molecule has 0 saturated carbocycles. The number of carbonyl (C=O) groups excluding carboxylic acids is 1. The third-order valence-corrected chi connectivity index (χ3v) is 3.20. The summed E-state index contributed by atoms with van der Waals surface area (Å²) < 4.78 is 6.87. The van der Waals surface area contributed by atoms with Gasteiger partial charge in [0.25, 0.3) is 0 Å². The highest BCUT2D eigenvalue weighted by molar-refractivity contribution is 5.85. The molecule has 1 atom stereocenters. The normalized spacial score (nSPS) is 11.5. The number of carbonyl (C=O) groups is 1. The predicted octanol–water partition coefficient (Wildman–Crippen LogP) is 1.27. The zero-order valence-electron chi connectivity index (χ0n) is 12.4. The molecule has 0 aliphatic rings. The number of halogens is 1. The Labute approximate surface area is 136 Å². The molecule has 6 nitrogen and oxygen atoms in total. The number of hydrogen-bond acceptors (Lipinski definition) is 4. The summed E-state index contributed by atoms with van der Waals surface area (Å²) in [4.78, 5) is 11.7. The van der Waals surface area contributed by atoms with Crippen LogP contribution in [0, 0.1) is 0 Å². The van der Waals surface area contributed by atoms with Crippen molar-refractivity contribution in [3.63, 3.8) is 0 Å². The smallest absolute Gasteiger partial charge is 0.222 e. The predicted molar refractivity (Wildman–Crippen MR) is 87.1 cm³/mol. The van der Waals surface area contributed by atoms with Gasteiger partial charge in [0.15, 0.2) is 0 Å². The van der Waals surface area contributed by atoms with Crippen molar-refractivity contribution in [2.24, 2.45) is 5.73 Å². The number of nitrogens with zero attached hydrogens (tertiary/aromatic N) is 2. The van der Waals surface area contributed by atoms with E-state index in [1.807, 2.05) is 36.5 Å². The molecule has 0 bridgehead atoms. The van der Waals surface area contributed by atoms with Gasteiger partial charge in [-0.15, -0.1) is 12.4 Å². The molecule has 2 aromatic rings. The fourth-order valence-electron chi connectivity index (χ4n) is 1.93. The molecule has 1 heterocycles. The van der Waals surface area contributed by atoms with Gasteiger partial charge in [0.05, 0.1) is 18.2 Å². The first-order valence-corrected chi connectivity index (χ1v) is 6.81. The topological polar surface area (TPSA) is 82.2 Å². The van der Waals surface area contributed by atoms with Crippen molar-refractivity contribution in [3.05, 3.63) is 48.3 Å². The van der Waals surface area contributed by atoms with E-state index in [-0.39, 0.29) is 30.8 Å². The number of benzene rings is 1. The number of rotatable bonds is 7. The summed E-state index contributed by atoms with van der Waals surface area (Å²) in [6.07, 6.45) is 3.66. The second-order valence-corrected chi connectivity index (χ2v) is 4.69. The van der Waals surface area contributed by atoms with Gasteiger partial charge in [-0.05, 0) is 23.8 Å². The Kier molecular flexibility index (Phi) is 7.59. The SMILES string of the molecule is COC(CN)CC(=O)NCc1ccc(-n2cccn2)cc1.Cl. The molecule has 0 fully saturated rings. The third kappa shape index (κ3) is 5.14. The number of nitrogens with one attached hydrogen (secondary N) is 1. The van der Waals surface area contributed by atoms with E-state index in [2.05, 4.69) is 10.4 Å². The molecule has 0 aliphatic heterocycles. The third-order valence-electron chi connectivity index (χ3n) is 3.20. The molecule has 22 heavy (non-hydrogen) atoms. The second kappa shape index (κ2) is 9.19. The zero-order chi connectivity index (χ0) is 15.1. The lowest BCUT2D eigenvalue weighted by atomic mass is 10.2. The van der Waals surface area contributed by atoms with Crippen molar-refractivity contribution in [1.29, 1.82) is 0 Å². The highest BCUT2D eigenvalue weighted by Crippen LogP contribution is 2.08.